The fourth-order valence-corrected chi connectivity index (χ4v) is 2.35. The zero-order chi connectivity index (χ0) is 12.7. The molecule has 96 valence electrons. The van der Waals surface area contributed by atoms with Crippen molar-refractivity contribution in [2.45, 2.75) is 37.8 Å². The van der Waals surface area contributed by atoms with Crippen molar-refractivity contribution in [3.8, 4) is 6.07 Å². The molecule has 5 nitrogen and oxygen atoms in total. The SMILES string of the molecule is CNC1CCC(N(C)CC(=O)NCC#N)CC1. The van der Waals surface area contributed by atoms with Crippen molar-refractivity contribution in [1.82, 2.24) is 15.5 Å². The summed E-state index contributed by atoms with van der Waals surface area (Å²) in [5.74, 6) is -0.0650. The van der Waals surface area contributed by atoms with Crippen LogP contribution < -0.4 is 10.6 Å². The van der Waals surface area contributed by atoms with E-state index in [9.17, 15) is 4.79 Å². The van der Waals surface area contributed by atoms with Gasteiger partial charge in [0.15, 0.2) is 0 Å². The quantitative estimate of drug-likeness (QED) is 0.666. The van der Waals surface area contributed by atoms with Gasteiger partial charge in [-0.1, -0.05) is 0 Å². The fraction of sp³-hybridized carbons (Fsp3) is 0.833. The van der Waals surface area contributed by atoms with Gasteiger partial charge in [0.1, 0.15) is 6.54 Å². The average molecular weight is 238 g/mol. The number of likely N-dealkylation sites (N-methyl/N-ethyl adjacent to an activating group) is 1. The molecule has 17 heavy (non-hydrogen) atoms. The predicted molar refractivity (Wildman–Crippen MR) is 66.4 cm³/mol. The Morgan fingerprint density at radius 1 is 1.41 bits per heavy atom. The largest absolute Gasteiger partial charge is 0.342 e. The van der Waals surface area contributed by atoms with E-state index in [2.05, 4.69) is 15.5 Å². The molecule has 0 aromatic heterocycles. The van der Waals surface area contributed by atoms with Crippen LogP contribution in [0.25, 0.3) is 0 Å². The van der Waals surface area contributed by atoms with Gasteiger partial charge < -0.3 is 10.6 Å². The van der Waals surface area contributed by atoms with Crippen LogP contribution in [0, 0.1) is 11.3 Å². The first kappa shape index (κ1) is 13.9. The highest BCUT2D eigenvalue weighted by atomic mass is 16.2. The van der Waals surface area contributed by atoms with Crippen LogP contribution in [0.1, 0.15) is 25.7 Å². The van der Waals surface area contributed by atoms with Crippen LogP contribution in [0.15, 0.2) is 0 Å². The minimum Gasteiger partial charge on any atom is -0.342 e. The third kappa shape index (κ3) is 4.72. The Bertz CT molecular complexity index is 279. The molecular formula is C12H22N4O. The minimum atomic E-state index is -0.0650. The van der Waals surface area contributed by atoms with Gasteiger partial charge in [0.2, 0.25) is 5.91 Å². The van der Waals surface area contributed by atoms with Crippen LogP contribution in [0.5, 0.6) is 0 Å². The average Bonchev–Trinajstić information content (AvgIpc) is 2.36. The molecule has 1 saturated carbocycles. The Kier molecular flexibility index (Phi) is 5.95. The molecule has 0 heterocycles. The second kappa shape index (κ2) is 7.25. The molecule has 1 rings (SSSR count). The third-order valence-corrected chi connectivity index (χ3v) is 3.49. The first-order chi connectivity index (χ1) is 8.17. The van der Waals surface area contributed by atoms with Crippen LogP contribution >= 0.6 is 0 Å². The van der Waals surface area contributed by atoms with Crippen molar-refractivity contribution >= 4 is 5.91 Å². The number of rotatable bonds is 5. The van der Waals surface area contributed by atoms with E-state index in [-0.39, 0.29) is 12.5 Å². The molecule has 0 radical (unpaired) electrons. The molecule has 0 spiro atoms. The Morgan fingerprint density at radius 2 is 2.06 bits per heavy atom. The van der Waals surface area contributed by atoms with Gasteiger partial charge in [-0.05, 0) is 39.8 Å². The second-order valence-electron chi connectivity index (χ2n) is 4.64. The second-order valence-corrected chi connectivity index (χ2v) is 4.64. The summed E-state index contributed by atoms with van der Waals surface area (Å²) >= 11 is 0. The highest BCUT2D eigenvalue weighted by molar-refractivity contribution is 5.78. The van der Waals surface area contributed by atoms with Gasteiger partial charge in [-0.15, -0.1) is 0 Å². The monoisotopic (exact) mass is 238 g/mol. The lowest BCUT2D eigenvalue weighted by molar-refractivity contribution is -0.122. The van der Waals surface area contributed by atoms with Gasteiger partial charge >= 0.3 is 0 Å². The van der Waals surface area contributed by atoms with E-state index in [4.69, 9.17) is 5.26 Å². The van der Waals surface area contributed by atoms with Crippen LogP contribution in [0.4, 0.5) is 0 Å². The van der Waals surface area contributed by atoms with Gasteiger partial charge in [0, 0.05) is 12.1 Å². The fourth-order valence-electron chi connectivity index (χ4n) is 2.35. The Balaban J connectivity index is 2.26. The maximum Gasteiger partial charge on any atom is 0.235 e. The summed E-state index contributed by atoms with van der Waals surface area (Å²) in [5, 5.41) is 14.2. The molecular weight excluding hydrogens is 216 g/mol. The molecule has 0 saturated heterocycles. The smallest absolute Gasteiger partial charge is 0.235 e. The summed E-state index contributed by atoms with van der Waals surface area (Å²) in [7, 11) is 3.99. The number of hydrogen-bond acceptors (Lipinski definition) is 4. The summed E-state index contributed by atoms with van der Waals surface area (Å²) in [6.07, 6.45) is 4.61. The number of hydrogen-bond donors (Lipinski definition) is 2. The Morgan fingerprint density at radius 3 is 2.59 bits per heavy atom. The molecule has 0 aromatic carbocycles. The lowest BCUT2D eigenvalue weighted by atomic mass is 9.90. The zero-order valence-corrected chi connectivity index (χ0v) is 10.7. The first-order valence-corrected chi connectivity index (χ1v) is 6.18. The topological polar surface area (TPSA) is 68.2 Å². The van der Waals surface area contributed by atoms with Crippen molar-refractivity contribution in [3.63, 3.8) is 0 Å². The van der Waals surface area contributed by atoms with Crippen molar-refractivity contribution in [1.29, 1.82) is 5.26 Å². The molecule has 5 heteroatoms. The molecule has 0 bridgehead atoms. The van der Waals surface area contributed by atoms with E-state index < -0.39 is 0 Å². The summed E-state index contributed by atoms with van der Waals surface area (Å²) in [4.78, 5) is 13.6. The zero-order valence-electron chi connectivity index (χ0n) is 10.7. The molecule has 0 atom stereocenters. The summed E-state index contributed by atoms with van der Waals surface area (Å²) in [6.45, 7) is 0.482. The van der Waals surface area contributed by atoms with E-state index in [1.807, 2.05) is 20.2 Å². The lowest BCUT2D eigenvalue weighted by Crippen LogP contribution is -2.44. The first-order valence-electron chi connectivity index (χ1n) is 6.18. The standard InChI is InChI=1S/C12H22N4O/c1-14-10-3-5-11(6-4-10)16(2)9-12(17)15-8-7-13/h10-11,14H,3-6,8-9H2,1-2H3,(H,15,17). The van der Waals surface area contributed by atoms with Gasteiger partial charge in [-0.2, -0.15) is 5.26 Å². The van der Waals surface area contributed by atoms with E-state index >= 15 is 0 Å². The minimum absolute atomic E-state index is 0.0650. The molecule has 1 aliphatic carbocycles. The van der Waals surface area contributed by atoms with Crippen LogP contribution in [0.3, 0.4) is 0 Å². The van der Waals surface area contributed by atoms with Gasteiger partial charge in [0.05, 0.1) is 12.6 Å². The molecule has 2 N–H and O–H groups in total. The van der Waals surface area contributed by atoms with Gasteiger partial charge in [-0.25, -0.2) is 0 Å². The summed E-state index contributed by atoms with van der Waals surface area (Å²) < 4.78 is 0. The molecule has 0 unspecified atom stereocenters. The number of nitriles is 1. The molecule has 1 amide bonds. The molecule has 0 aromatic rings. The number of amides is 1. The van der Waals surface area contributed by atoms with Crippen LogP contribution in [-0.4, -0.2) is 50.1 Å². The highest BCUT2D eigenvalue weighted by Gasteiger charge is 2.23. The van der Waals surface area contributed by atoms with Crippen molar-refractivity contribution < 1.29 is 4.79 Å². The van der Waals surface area contributed by atoms with E-state index in [1.54, 1.807) is 0 Å². The van der Waals surface area contributed by atoms with Crippen LogP contribution in [-0.2, 0) is 4.79 Å². The van der Waals surface area contributed by atoms with Crippen molar-refractivity contribution in [2.75, 3.05) is 27.2 Å². The lowest BCUT2D eigenvalue weighted by Gasteiger charge is -2.34. The number of nitrogens with zero attached hydrogens (tertiary/aromatic N) is 2. The summed E-state index contributed by atoms with van der Waals surface area (Å²) in [5.41, 5.74) is 0. The molecule has 0 aliphatic heterocycles. The number of carbonyl (C=O) groups excluding carboxylic acids is 1. The highest BCUT2D eigenvalue weighted by Crippen LogP contribution is 2.21. The van der Waals surface area contributed by atoms with Crippen LogP contribution in [0.2, 0.25) is 0 Å². The molecule has 1 aliphatic rings. The van der Waals surface area contributed by atoms with Crippen molar-refractivity contribution in [2.24, 2.45) is 0 Å². The summed E-state index contributed by atoms with van der Waals surface area (Å²) in [6, 6.07) is 3.03. The van der Waals surface area contributed by atoms with E-state index in [0.717, 1.165) is 12.8 Å². The molecule has 1 fully saturated rings. The van der Waals surface area contributed by atoms with E-state index in [0.29, 0.717) is 18.6 Å². The van der Waals surface area contributed by atoms with Gasteiger partial charge in [0.25, 0.3) is 0 Å². The normalized spacial score (nSPS) is 24.4. The number of nitrogens with one attached hydrogen (secondary N) is 2. The number of carbonyl (C=O) groups is 1. The maximum atomic E-state index is 11.5. The third-order valence-electron chi connectivity index (χ3n) is 3.49. The Labute approximate surface area is 103 Å². The van der Waals surface area contributed by atoms with Crippen molar-refractivity contribution in [3.05, 3.63) is 0 Å². The predicted octanol–water partition coefficient (Wildman–Crippen LogP) is 0.0886. The van der Waals surface area contributed by atoms with Gasteiger partial charge in [-0.3, -0.25) is 9.69 Å². The Hall–Kier alpha value is -1.12. The van der Waals surface area contributed by atoms with E-state index in [1.165, 1.54) is 12.8 Å². The maximum absolute atomic E-state index is 11.5.